The summed E-state index contributed by atoms with van der Waals surface area (Å²) in [6.45, 7) is 4.83. The highest BCUT2D eigenvalue weighted by Crippen LogP contribution is 2.42. The zero-order chi connectivity index (χ0) is 21.4. The molecule has 0 fully saturated rings. The Morgan fingerprint density at radius 3 is 2.52 bits per heavy atom. The lowest BCUT2D eigenvalue weighted by Gasteiger charge is -2.30. The Morgan fingerprint density at radius 1 is 1.06 bits per heavy atom. The van der Waals surface area contributed by atoms with E-state index < -0.39 is 0 Å². The normalized spacial score (nSPS) is 15.0. The van der Waals surface area contributed by atoms with Crippen LogP contribution in [0.25, 0.3) is 21.6 Å². The van der Waals surface area contributed by atoms with Crippen LogP contribution in [0.1, 0.15) is 34.6 Å². The molecule has 0 N–H and O–H groups in total. The van der Waals surface area contributed by atoms with Gasteiger partial charge in [-0.2, -0.15) is 0 Å². The molecule has 156 valence electrons. The highest BCUT2D eigenvalue weighted by Gasteiger charge is 2.31. The topological polar surface area (TPSA) is 52.1 Å². The van der Waals surface area contributed by atoms with Crippen LogP contribution in [-0.2, 0) is 17.8 Å². The maximum atomic E-state index is 12.8. The van der Waals surface area contributed by atoms with Crippen LogP contribution in [0.4, 0.5) is 0 Å². The minimum atomic E-state index is -0.221. The van der Waals surface area contributed by atoms with Gasteiger partial charge in [0.15, 0.2) is 11.6 Å². The molecule has 3 heterocycles. The fraction of sp³-hybridized carbons (Fsp3) is 0.240. The van der Waals surface area contributed by atoms with E-state index in [-0.39, 0.29) is 11.4 Å². The fourth-order valence-corrected chi connectivity index (χ4v) is 5.89. The van der Waals surface area contributed by atoms with E-state index in [1.807, 2.05) is 60.7 Å². The Kier molecular flexibility index (Phi) is 5.38. The van der Waals surface area contributed by atoms with Gasteiger partial charge in [-0.25, -0.2) is 9.97 Å². The summed E-state index contributed by atoms with van der Waals surface area (Å²) < 4.78 is 6.03. The minimum absolute atomic E-state index is 0.103. The summed E-state index contributed by atoms with van der Waals surface area (Å²) in [6.07, 6.45) is 0.816. The van der Waals surface area contributed by atoms with E-state index in [4.69, 9.17) is 14.7 Å². The molecule has 0 saturated carbocycles. The van der Waals surface area contributed by atoms with Gasteiger partial charge in [0.25, 0.3) is 0 Å². The summed E-state index contributed by atoms with van der Waals surface area (Å²) >= 11 is 3.18. The molecular weight excluding hydrogens is 424 g/mol. The van der Waals surface area contributed by atoms with Crippen molar-refractivity contribution in [2.75, 3.05) is 5.75 Å². The number of Topliss-reactive ketones (excluding diaryl/α,β-unsaturated/α-hetero) is 1. The summed E-state index contributed by atoms with van der Waals surface area (Å²) in [5, 5.41) is 1.96. The average Bonchev–Trinajstić information content (AvgIpc) is 3.15. The largest absolute Gasteiger partial charge is 0.370 e. The molecule has 4 aromatic rings. The number of hydrogen-bond donors (Lipinski definition) is 0. The SMILES string of the molecule is CC1(C)Cc2c(sc3nc(-c4ccccc4)nc(SCC(=O)c4ccccc4)c23)CO1. The predicted octanol–water partition coefficient (Wildman–Crippen LogP) is 6.18. The molecule has 31 heavy (non-hydrogen) atoms. The molecule has 4 nitrogen and oxygen atoms in total. The van der Waals surface area contributed by atoms with E-state index >= 15 is 0 Å². The van der Waals surface area contributed by atoms with Crippen molar-refractivity contribution in [2.45, 2.75) is 37.5 Å². The van der Waals surface area contributed by atoms with Crippen molar-refractivity contribution in [1.29, 1.82) is 0 Å². The van der Waals surface area contributed by atoms with Crippen LogP contribution in [0.15, 0.2) is 65.7 Å². The van der Waals surface area contributed by atoms with Crippen LogP contribution in [0.3, 0.4) is 0 Å². The van der Waals surface area contributed by atoms with E-state index in [1.54, 1.807) is 11.3 Å². The first kappa shape index (κ1) is 20.4. The molecule has 0 unspecified atom stereocenters. The highest BCUT2D eigenvalue weighted by molar-refractivity contribution is 8.00. The first-order valence-electron chi connectivity index (χ1n) is 10.2. The molecule has 2 aromatic heterocycles. The van der Waals surface area contributed by atoms with Crippen LogP contribution in [-0.4, -0.2) is 27.1 Å². The second-order valence-corrected chi connectivity index (χ2v) is 10.3. The molecule has 0 radical (unpaired) electrons. The Morgan fingerprint density at radius 2 is 1.77 bits per heavy atom. The van der Waals surface area contributed by atoms with Gasteiger partial charge in [0.2, 0.25) is 0 Å². The molecular formula is C25H22N2O2S2. The fourth-order valence-electron chi connectivity index (χ4n) is 3.77. The number of rotatable bonds is 5. The molecule has 0 amide bonds. The number of ketones is 1. The number of thiophene rings is 1. The Labute approximate surface area is 189 Å². The molecule has 1 aliphatic rings. The van der Waals surface area contributed by atoms with Crippen molar-refractivity contribution in [2.24, 2.45) is 0 Å². The molecule has 0 atom stereocenters. The predicted molar refractivity (Wildman–Crippen MR) is 127 cm³/mol. The summed E-state index contributed by atoms with van der Waals surface area (Å²) in [4.78, 5) is 24.8. The Hall–Kier alpha value is -2.54. The smallest absolute Gasteiger partial charge is 0.173 e. The quantitative estimate of drug-likeness (QED) is 0.208. The van der Waals surface area contributed by atoms with Gasteiger partial charge in [-0.1, -0.05) is 72.4 Å². The van der Waals surface area contributed by atoms with Crippen LogP contribution < -0.4 is 0 Å². The number of benzene rings is 2. The number of ether oxygens (including phenoxy) is 1. The van der Waals surface area contributed by atoms with E-state index in [0.29, 0.717) is 18.2 Å². The molecule has 2 aromatic carbocycles. The molecule has 0 aliphatic carbocycles. The zero-order valence-corrected chi connectivity index (χ0v) is 19.1. The lowest BCUT2D eigenvalue weighted by Crippen LogP contribution is -2.31. The second-order valence-electron chi connectivity index (χ2n) is 8.21. The van der Waals surface area contributed by atoms with Gasteiger partial charge in [-0.05, 0) is 19.4 Å². The van der Waals surface area contributed by atoms with Crippen molar-refractivity contribution < 1.29 is 9.53 Å². The van der Waals surface area contributed by atoms with E-state index in [2.05, 4.69) is 13.8 Å². The standard InChI is InChI=1S/C25H22N2O2S2/c1-25(2)13-18-20(14-29-25)31-24-21(18)23(26-22(27-24)17-11-7-4-8-12-17)30-15-19(28)16-9-5-3-6-10-16/h3-12H,13-15H2,1-2H3. The number of hydrogen-bond acceptors (Lipinski definition) is 6. The summed E-state index contributed by atoms with van der Waals surface area (Å²) in [6, 6.07) is 19.4. The van der Waals surface area contributed by atoms with Crippen molar-refractivity contribution in [3.63, 3.8) is 0 Å². The Balaban J connectivity index is 1.58. The van der Waals surface area contributed by atoms with Gasteiger partial charge in [0.1, 0.15) is 9.86 Å². The van der Waals surface area contributed by atoms with E-state index in [1.165, 1.54) is 22.2 Å². The number of aromatic nitrogens is 2. The second kappa shape index (κ2) is 8.19. The van der Waals surface area contributed by atoms with Crippen molar-refractivity contribution >= 4 is 39.1 Å². The van der Waals surface area contributed by atoms with Gasteiger partial charge in [-0.15, -0.1) is 11.3 Å². The lowest BCUT2D eigenvalue weighted by molar-refractivity contribution is -0.0379. The van der Waals surface area contributed by atoms with E-state index in [9.17, 15) is 4.79 Å². The molecule has 0 bridgehead atoms. The van der Waals surface area contributed by atoms with Gasteiger partial charge in [0, 0.05) is 27.8 Å². The van der Waals surface area contributed by atoms with Crippen LogP contribution in [0, 0.1) is 0 Å². The summed E-state index contributed by atoms with van der Waals surface area (Å²) in [5.41, 5.74) is 2.75. The number of fused-ring (bicyclic) bond motifs is 3. The first-order valence-corrected chi connectivity index (χ1v) is 12.0. The van der Waals surface area contributed by atoms with Crippen molar-refractivity contribution in [3.05, 3.63) is 76.7 Å². The third kappa shape index (κ3) is 4.15. The van der Waals surface area contributed by atoms with Gasteiger partial charge in [0.05, 0.1) is 18.0 Å². The number of thioether (sulfide) groups is 1. The minimum Gasteiger partial charge on any atom is -0.370 e. The first-order chi connectivity index (χ1) is 15.0. The third-order valence-electron chi connectivity index (χ3n) is 5.37. The third-order valence-corrected chi connectivity index (χ3v) is 7.44. The summed E-state index contributed by atoms with van der Waals surface area (Å²) in [5.74, 6) is 1.14. The van der Waals surface area contributed by atoms with Crippen LogP contribution >= 0.6 is 23.1 Å². The number of carbonyl (C=O) groups is 1. The lowest BCUT2D eigenvalue weighted by atomic mass is 9.94. The zero-order valence-electron chi connectivity index (χ0n) is 17.4. The summed E-state index contributed by atoms with van der Waals surface area (Å²) in [7, 11) is 0. The Bertz CT molecular complexity index is 1250. The maximum Gasteiger partial charge on any atom is 0.173 e. The number of nitrogens with zero attached hydrogens (tertiary/aromatic N) is 2. The molecule has 6 heteroatoms. The van der Waals surface area contributed by atoms with Crippen LogP contribution in [0.2, 0.25) is 0 Å². The van der Waals surface area contributed by atoms with Gasteiger partial charge < -0.3 is 4.74 Å². The van der Waals surface area contributed by atoms with E-state index in [0.717, 1.165) is 32.8 Å². The molecule has 5 rings (SSSR count). The van der Waals surface area contributed by atoms with Crippen molar-refractivity contribution in [3.8, 4) is 11.4 Å². The average molecular weight is 447 g/mol. The maximum absolute atomic E-state index is 12.8. The molecule has 0 spiro atoms. The molecule has 0 saturated heterocycles. The molecule has 1 aliphatic heterocycles. The highest BCUT2D eigenvalue weighted by atomic mass is 32.2. The monoisotopic (exact) mass is 446 g/mol. The van der Waals surface area contributed by atoms with Crippen molar-refractivity contribution in [1.82, 2.24) is 9.97 Å². The van der Waals surface area contributed by atoms with Crippen LogP contribution in [0.5, 0.6) is 0 Å². The van der Waals surface area contributed by atoms with Gasteiger partial charge in [-0.3, -0.25) is 4.79 Å². The van der Waals surface area contributed by atoms with Gasteiger partial charge >= 0.3 is 0 Å². The number of carbonyl (C=O) groups excluding carboxylic acids is 1.